The number of esters is 1. The van der Waals surface area contributed by atoms with Crippen LogP contribution in [0.5, 0.6) is 5.75 Å². The smallest absolute Gasteiger partial charge is 0.347 e. The van der Waals surface area contributed by atoms with E-state index in [4.69, 9.17) is 9.47 Å². The van der Waals surface area contributed by atoms with Gasteiger partial charge in [-0.3, -0.25) is 4.79 Å². The van der Waals surface area contributed by atoms with E-state index in [1.165, 1.54) is 11.1 Å². The SMILES string of the molecule is Cc1ccc(OC(C)C(=O)OCC(=O)N(C)C2CCCc3ccccc32)cc1. The predicted octanol–water partition coefficient (Wildman–Crippen LogP) is 3.84. The van der Waals surface area contributed by atoms with Crippen molar-refractivity contribution in [3.63, 3.8) is 0 Å². The van der Waals surface area contributed by atoms with E-state index in [1.807, 2.05) is 31.2 Å². The molecule has 0 bridgehead atoms. The number of nitrogens with zero attached hydrogens (tertiary/aromatic N) is 1. The van der Waals surface area contributed by atoms with Crippen LogP contribution in [0.4, 0.5) is 0 Å². The summed E-state index contributed by atoms with van der Waals surface area (Å²) in [7, 11) is 1.77. The van der Waals surface area contributed by atoms with Crippen LogP contribution in [0.3, 0.4) is 0 Å². The van der Waals surface area contributed by atoms with Crippen LogP contribution < -0.4 is 4.74 Å². The van der Waals surface area contributed by atoms with Crippen LogP contribution in [-0.2, 0) is 20.7 Å². The lowest BCUT2D eigenvalue weighted by Crippen LogP contribution is -2.37. The lowest BCUT2D eigenvalue weighted by atomic mass is 9.87. The van der Waals surface area contributed by atoms with E-state index < -0.39 is 12.1 Å². The zero-order chi connectivity index (χ0) is 20.1. The molecule has 0 aromatic heterocycles. The highest BCUT2D eigenvalue weighted by atomic mass is 16.6. The standard InChI is InChI=1S/C23H27NO4/c1-16-11-13-19(14-12-16)28-17(2)23(26)27-15-22(25)24(3)21-10-6-8-18-7-4-5-9-20(18)21/h4-5,7,9,11-14,17,21H,6,8,10,15H2,1-3H3. The van der Waals surface area contributed by atoms with Crippen molar-refractivity contribution in [2.45, 2.75) is 45.3 Å². The molecule has 3 rings (SSSR count). The molecule has 0 saturated heterocycles. The highest BCUT2D eigenvalue weighted by molar-refractivity contribution is 5.82. The Morgan fingerprint density at radius 2 is 1.86 bits per heavy atom. The molecule has 0 aliphatic heterocycles. The summed E-state index contributed by atoms with van der Waals surface area (Å²) in [6.07, 6.45) is 2.22. The maximum atomic E-state index is 12.6. The summed E-state index contributed by atoms with van der Waals surface area (Å²) in [4.78, 5) is 26.5. The number of likely N-dealkylation sites (N-methyl/N-ethyl adjacent to an activating group) is 1. The first kappa shape index (κ1) is 19.9. The van der Waals surface area contributed by atoms with Gasteiger partial charge in [-0.15, -0.1) is 0 Å². The fourth-order valence-corrected chi connectivity index (χ4v) is 3.53. The van der Waals surface area contributed by atoms with Crippen molar-refractivity contribution in [3.8, 4) is 5.75 Å². The number of aryl methyl sites for hydroxylation is 2. The topological polar surface area (TPSA) is 55.8 Å². The number of fused-ring (bicyclic) bond motifs is 1. The van der Waals surface area contributed by atoms with Gasteiger partial charge in [0.05, 0.1) is 6.04 Å². The van der Waals surface area contributed by atoms with Gasteiger partial charge in [0.15, 0.2) is 12.7 Å². The number of carbonyl (C=O) groups excluding carboxylic acids is 2. The lowest BCUT2D eigenvalue weighted by molar-refractivity contribution is -0.157. The average Bonchev–Trinajstić information content (AvgIpc) is 2.72. The number of hydrogen-bond donors (Lipinski definition) is 0. The van der Waals surface area contributed by atoms with Crippen LogP contribution in [0.2, 0.25) is 0 Å². The molecule has 148 valence electrons. The van der Waals surface area contributed by atoms with Crippen LogP contribution in [0, 0.1) is 6.92 Å². The number of amides is 1. The Bertz CT molecular complexity index is 831. The van der Waals surface area contributed by atoms with Gasteiger partial charge in [0.25, 0.3) is 5.91 Å². The average molecular weight is 381 g/mol. The summed E-state index contributed by atoms with van der Waals surface area (Å²) in [5.41, 5.74) is 3.59. The molecule has 0 fully saturated rings. The minimum Gasteiger partial charge on any atom is -0.479 e. The van der Waals surface area contributed by atoms with Crippen molar-refractivity contribution in [1.29, 1.82) is 0 Å². The Kier molecular flexibility index (Phi) is 6.34. The van der Waals surface area contributed by atoms with Crippen molar-refractivity contribution < 1.29 is 19.1 Å². The van der Waals surface area contributed by atoms with Crippen molar-refractivity contribution in [1.82, 2.24) is 4.90 Å². The summed E-state index contributed by atoms with van der Waals surface area (Å²) >= 11 is 0. The molecule has 1 aliphatic carbocycles. The Morgan fingerprint density at radius 1 is 1.14 bits per heavy atom. The normalized spacial score (nSPS) is 16.6. The first-order chi connectivity index (χ1) is 13.5. The second-order valence-corrected chi connectivity index (χ2v) is 7.29. The number of ether oxygens (including phenoxy) is 2. The van der Waals surface area contributed by atoms with Gasteiger partial charge < -0.3 is 14.4 Å². The molecule has 0 spiro atoms. The molecule has 0 saturated carbocycles. The number of hydrogen-bond acceptors (Lipinski definition) is 4. The van der Waals surface area contributed by atoms with E-state index in [2.05, 4.69) is 12.1 Å². The van der Waals surface area contributed by atoms with E-state index in [0.717, 1.165) is 24.8 Å². The largest absolute Gasteiger partial charge is 0.479 e. The number of rotatable bonds is 6. The highest BCUT2D eigenvalue weighted by Gasteiger charge is 2.27. The Morgan fingerprint density at radius 3 is 2.61 bits per heavy atom. The molecule has 0 radical (unpaired) electrons. The van der Waals surface area contributed by atoms with Crippen LogP contribution in [0.1, 0.15) is 42.5 Å². The van der Waals surface area contributed by atoms with Gasteiger partial charge >= 0.3 is 5.97 Å². The molecule has 1 aliphatic rings. The molecule has 5 heteroatoms. The van der Waals surface area contributed by atoms with Crippen molar-refractivity contribution in [2.75, 3.05) is 13.7 Å². The van der Waals surface area contributed by atoms with Crippen molar-refractivity contribution in [2.24, 2.45) is 0 Å². The summed E-state index contributed by atoms with van der Waals surface area (Å²) in [6, 6.07) is 15.7. The van der Waals surface area contributed by atoms with Crippen molar-refractivity contribution in [3.05, 3.63) is 65.2 Å². The minimum atomic E-state index is -0.781. The maximum Gasteiger partial charge on any atom is 0.347 e. The summed E-state index contributed by atoms with van der Waals surface area (Å²) in [5, 5.41) is 0. The van der Waals surface area contributed by atoms with Gasteiger partial charge in [-0.2, -0.15) is 0 Å². The van der Waals surface area contributed by atoms with E-state index in [0.29, 0.717) is 5.75 Å². The third-order valence-electron chi connectivity index (χ3n) is 5.20. The summed E-state index contributed by atoms with van der Waals surface area (Å²) in [6.45, 7) is 3.32. The van der Waals surface area contributed by atoms with E-state index in [-0.39, 0.29) is 18.6 Å². The Labute approximate surface area is 166 Å². The predicted molar refractivity (Wildman–Crippen MR) is 107 cm³/mol. The molecule has 28 heavy (non-hydrogen) atoms. The zero-order valence-corrected chi connectivity index (χ0v) is 16.7. The third-order valence-corrected chi connectivity index (χ3v) is 5.20. The van der Waals surface area contributed by atoms with Gasteiger partial charge in [-0.25, -0.2) is 4.79 Å². The second-order valence-electron chi connectivity index (χ2n) is 7.29. The first-order valence-corrected chi connectivity index (χ1v) is 9.69. The van der Waals surface area contributed by atoms with Gasteiger partial charge in [0.2, 0.25) is 0 Å². The summed E-state index contributed by atoms with van der Waals surface area (Å²) in [5.74, 6) is -0.165. The molecule has 2 aromatic rings. The molecule has 2 unspecified atom stereocenters. The molecule has 0 N–H and O–H groups in total. The molecule has 0 heterocycles. The second kappa shape index (κ2) is 8.91. The summed E-state index contributed by atoms with van der Waals surface area (Å²) < 4.78 is 10.8. The van der Waals surface area contributed by atoms with E-state index in [9.17, 15) is 9.59 Å². The van der Waals surface area contributed by atoms with Crippen LogP contribution in [0.25, 0.3) is 0 Å². The van der Waals surface area contributed by atoms with E-state index in [1.54, 1.807) is 31.0 Å². The van der Waals surface area contributed by atoms with E-state index >= 15 is 0 Å². The van der Waals surface area contributed by atoms with Gasteiger partial charge in [-0.05, 0) is 56.4 Å². The van der Waals surface area contributed by atoms with Crippen molar-refractivity contribution >= 4 is 11.9 Å². The quantitative estimate of drug-likeness (QED) is 0.714. The Hall–Kier alpha value is -2.82. The molecule has 5 nitrogen and oxygen atoms in total. The minimum absolute atomic E-state index is 0.0254. The zero-order valence-electron chi connectivity index (χ0n) is 16.7. The van der Waals surface area contributed by atoms with Crippen LogP contribution in [0.15, 0.2) is 48.5 Å². The maximum absolute atomic E-state index is 12.6. The third kappa shape index (κ3) is 4.71. The van der Waals surface area contributed by atoms with Gasteiger partial charge in [0.1, 0.15) is 5.75 Å². The number of benzene rings is 2. The Balaban J connectivity index is 1.53. The highest BCUT2D eigenvalue weighted by Crippen LogP contribution is 2.33. The van der Waals surface area contributed by atoms with Gasteiger partial charge in [-0.1, -0.05) is 42.0 Å². The fraction of sp³-hybridized carbons (Fsp3) is 0.391. The lowest BCUT2D eigenvalue weighted by Gasteiger charge is -2.33. The molecule has 2 aromatic carbocycles. The van der Waals surface area contributed by atoms with Crippen LogP contribution >= 0.6 is 0 Å². The van der Waals surface area contributed by atoms with Crippen LogP contribution in [-0.4, -0.2) is 36.5 Å². The molecular formula is C23H27NO4. The van der Waals surface area contributed by atoms with Gasteiger partial charge in [0, 0.05) is 7.05 Å². The number of carbonyl (C=O) groups is 2. The fourth-order valence-electron chi connectivity index (χ4n) is 3.53. The first-order valence-electron chi connectivity index (χ1n) is 9.69. The molecule has 1 amide bonds. The molecule has 2 atom stereocenters. The molecular weight excluding hydrogens is 354 g/mol. The monoisotopic (exact) mass is 381 g/mol.